The number of aromatic nitrogens is 3. The van der Waals surface area contributed by atoms with Gasteiger partial charge in [0.15, 0.2) is 0 Å². The van der Waals surface area contributed by atoms with Gasteiger partial charge in [0, 0.05) is 43.3 Å². The van der Waals surface area contributed by atoms with Crippen molar-refractivity contribution < 1.29 is 0 Å². The van der Waals surface area contributed by atoms with Crippen LogP contribution in [0, 0.1) is 0 Å². The minimum Gasteiger partial charge on any atom is -0.350 e. The predicted octanol–water partition coefficient (Wildman–Crippen LogP) is 2.49. The number of likely N-dealkylation sites (tertiary alicyclic amines) is 1. The number of pyridine rings is 1. The van der Waals surface area contributed by atoms with E-state index >= 15 is 0 Å². The van der Waals surface area contributed by atoms with Crippen molar-refractivity contribution >= 4 is 16.7 Å². The molecule has 2 aromatic heterocycles. The van der Waals surface area contributed by atoms with Crippen molar-refractivity contribution in [1.82, 2.24) is 19.9 Å². The minimum atomic E-state index is 0.539. The smallest absolute Gasteiger partial charge is 0.140 e. The molecule has 0 N–H and O–H groups in total. The zero-order valence-corrected chi connectivity index (χ0v) is 13.4. The number of piperazine rings is 1. The number of benzene rings is 1. The van der Waals surface area contributed by atoms with Gasteiger partial charge in [-0.2, -0.15) is 0 Å². The summed E-state index contributed by atoms with van der Waals surface area (Å²) in [4.78, 5) is 18.5. The van der Waals surface area contributed by atoms with E-state index in [1.807, 2.05) is 18.3 Å². The van der Waals surface area contributed by atoms with E-state index in [1.54, 1.807) is 6.33 Å². The number of anilines is 1. The molecular weight excluding hydrogens is 298 g/mol. The molecule has 5 nitrogen and oxygen atoms in total. The summed E-state index contributed by atoms with van der Waals surface area (Å²) in [6.07, 6.45) is 4.78. The molecule has 0 radical (unpaired) electrons. The van der Waals surface area contributed by atoms with E-state index in [9.17, 15) is 0 Å². The third-order valence-corrected chi connectivity index (χ3v) is 5.24. The summed E-state index contributed by atoms with van der Waals surface area (Å²) in [6.45, 7) is 3.07. The molecule has 2 bridgehead atoms. The van der Waals surface area contributed by atoms with Gasteiger partial charge >= 0.3 is 0 Å². The number of hydrogen-bond acceptors (Lipinski definition) is 5. The van der Waals surface area contributed by atoms with Crippen molar-refractivity contribution in [3.05, 3.63) is 60.7 Å². The molecule has 4 heterocycles. The molecule has 0 spiro atoms. The highest BCUT2D eigenvalue weighted by Crippen LogP contribution is 2.36. The standard InChI is InChI=1S/C19H19N5/c1-2-7-18-17(6-1)19(22-13-21-18)24-12-15-9-16(24)11-23(15)10-14-5-3-4-8-20-14/h1-8,13,15-16H,9-12H2. The van der Waals surface area contributed by atoms with E-state index < -0.39 is 0 Å². The Morgan fingerprint density at radius 1 is 0.917 bits per heavy atom. The Kier molecular flexibility index (Phi) is 3.19. The molecule has 2 aliphatic heterocycles. The van der Waals surface area contributed by atoms with Crippen molar-refractivity contribution in [3.63, 3.8) is 0 Å². The third-order valence-electron chi connectivity index (χ3n) is 5.24. The minimum absolute atomic E-state index is 0.539. The molecule has 2 fully saturated rings. The maximum Gasteiger partial charge on any atom is 0.140 e. The van der Waals surface area contributed by atoms with Crippen LogP contribution >= 0.6 is 0 Å². The second-order valence-corrected chi connectivity index (χ2v) is 6.66. The van der Waals surface area contributed by atoms with Gasteiger partial charge < -0.3 is 4.90 Å². The molecule has 5 heteroatoms. The van der Waals surface area contributed by atoms with Crippen molar-refractivity contribution in [2.45, 2.75) is 25.0 Å². The van der Waals surface area contributed by atoms with Gasteiger partial charge in [-0.1, -0.05) is 18.2 Å². The highest BCUT2D eigenvalue weighted by atomic mass is 15.4. The summed E-state index contributed by atoms with van der Waals surface area (Å²) in [5.74, 6) is 1.09. The molecule has 5 rings (SSSR count). The first-order chi connectivity index (χ1) is 11.9. The molecule has 3 aromatic rings. The average Bonchev–Trinajstić information content (AvgIpc) is 3.22. The first-order valence-electron chi connectivity index (χ1n) is 8.49. The molecular formula is C19H19N5. The fraction of sp³-hybridized carbons (Fsp3) is 0.316. The highest BCUT2D eigenvalue weighted by Gasteiger charge is 2.44. The van der Waals surface area contributed by atoms with E-state index in [2.05, 4.69) is 55.1 Å². The van der Waals surface area contributed by atoms with Gasteiger partial charge in [-0.25, -0.2) is 9.97 Å². The Morgan fingerprint density at radius 2 is 1.83 bits per heavy atom. The lowest BCUT2D eigenvalue weighted by Gasteiger charge is -2.35. The van der Waals surface area contributed by atoms with Gasteiger partial charge in [-0.15, -0.1) is 0 Å². The Hall–Kier alpha value is -2.53. The summed E-state index contributed by atoms with van der Waals surface area (Å²) in [5.41, 5.74) is 2.18. The van der Waals surface area contributed by atoms with Crippen LogP contribution in [0.2, 0.25) is 0 Å². The van der Waals surface area contributed by atoms with Crippen LogP contribution in [0.25, 0.3) is 10.9 Å². The van der Waals surface area contributed by atoms with Gasteiger partial charge in [0.25, 0.3) is 0 Å². The van der Waals surface area contributed by atoms with Gasteiger partial charge in [-0.3, -0.25) is 9.88 Å². The maximum atomic E-state index is 4.60. The van der Waals surface area contributed by atoms with Crippen molar-refractivity contribution in [2.24, 2.45) is 0 Å². The molecule has 24 heavy (non-hydrogen) atoms. The molecule has 2 aliphatic rings. The van der Waals surface area contributed by atoms with Crippen molar-refractivity contribution in [2.75, 3.05) is 18.0 Å². The van der Waals surface area contributed by atoms with Gasteiger partial charge in [0.05, 0.1) is 11.2 Å². The number of hydrogen-bond donors (Lipinski definition) is 0. The summed E-state index contributed by atoms with van der Waals surface area (Å²) in [6, 6.07) is 15.6. The number of rotatable bonds is 3. The zero-order valence-electron chi connectivity index (χ0n) is 13.4. The normalized spacial score (nSPS) is 23.2. The van der Waals surface area contributed by atoms with Gasteiger partial charge in [0.2, 0.25) is 0 Å². The van der Waals surface area contributed by atoms with E-state index in [0.29, 0.717) is 12.1 Å². The first-order valence-corrected chi connectivity index (χ1v) is 8.49. The zero-order chi connectivity index (χ0) is 15.9. The summed E-state index contributed by atoms with van der Waals surface area (Å²) in [5, 5.41) is 1.16. The van der Waals surface area contributed by atoms with E-state index in [-0.39, 0.29) is 0 Å². The highest BCUT2D eigenvalue weighted by molar-refractivity contribution is 5.89. The SMILES string of the molecule is c1ccc(CN2CC3CC2CN3c2ncnc3ccccc23)nc1. The fourth-order valence-corrected chi connectivity index (χ4v) is 4.12. The maximum absolute atomic E-state index is 4.60. The summed E-state index contributed by atoms with van der Waals surface area (Å²) < 4.78 is 0. The second-order valence-electron chi connectivity index (χ2n) is 6.66. The predicted molar refractivity (Wildman–Crippen MR) is 93.7 cm³/mol. The van der Waals surface area contributed by atoms with Crippen LogP contribution in [0.5, 0.6) is 0 Å². The van der Waals surface area contributed by atoms with Crippen LogP contribution in [0.4, 0.5) is 5.82 Å². The Bertz CT molecular complexity index is 861. The molecule has 2 saturated heterocycles. The molecule has 120 valence electrons. The van der Waals surface area contributed by atoms with Crippen molar-refractivity contribution in [3.8, 4) is 0 Å². The van der Waals surface area contributed by atoms with E-state index in [1.165, 1.54) is 6.42 Å². The number of para-hydroxylation sites is 1. The van der Waals surface area contributed by atoms with Crippen LogP contribution in [0.3, 0.4) is 0 Å². The third kappa shape index (κ3) is 2.24. The molecule has 0 saturated carbocycles. The summed E-state index contributed by atoms with van der Waals surface area (Å²) in [7, 11) is 0. The monoisotopic (exact) mass is 317 g/mol. The second kappa shape index (κ2) is 5.53. The largest absolute Gasteiger partial charge is 0.350 e. The quantitative estimate of drug-likeness (QED) is 0.742. The van der Waals surface area contributed by atoms with Crippen LogP contribution < -0.4 is 4.90 Å². The van der Waals surface area contributed by atoms with Crippen LogP contribution in [0.15, 0.2) is 55.0 Å². The molecule has 2 unspecified atom stereocenters. The van der Waals surface area contributed by atoms with Crippen LogP contribution in [0.1, 0.15) is 12.1 Å². The molecule has 1 aromatic carbocycles. The number of fused-ring (bicyclic) bond motifs is 3. The first kappa shape index (κ1) is 13.9. The number of nitrogens with zero attached hydrogens (tertiary/aromatic N) is 5. The van der Waals surface area contributed by atoms with E-state index in [4.69, 9.17) is 0 Å². The average molecular weight is 317 g/mol. The van der Waals surface area contributed by atoms with Gasteiger partial charge in [-0.05, 0) is 30.7 Å². The molecule has 0 amide bonds. The Balaban J connectivity index is 1.38. The van der Waals surface area contributed by atoms with Crippen LogP contribution in [-0.4, -0.2) is 45.0 Å². The Labute approximate surface area is 141 Å². The lowest BCUT2D eigenvalue weighted by atomic mass is 10.2. The molecule has 2 atom stereocenters. The lowest BCUT2D eigenvalue weighted by molar-refractivity contribution is 0.227. The van der Waals surface area contributed by atoms with Crippen LogP contribution in [-0.2, 0) is 6.54 Å². The summed E-state index contributed by atoms with van der Waals surface area (Å²) >= 11 is 0. The van der Waals surface area contributed by atoms with Crippen molar-refractivity contribution in [1.29, 1.82) is 0 Å². The lowest BCUT2D eigenvalue weighted by Crippen LogP contribution is -2.46. The fourth-order valence-electron chi connectivity index (χ4n) is 4.12. The van der Waals surface area contributed by atoms with Gasteiger partial charge in [0.1, 0.15) is 12.1 Å². The Morgan fingerprint density at radius 3 is 2.67 bits per heavy atom. The topological polar surface area (TPSA) is 45.2 Å². The molecule has 0 aliphatic carbocycles. The van der Waals surface area contributed by atoms with E-state index in [0.717, 1.165) is 42.0 Å².